The van der Waals surface area contributed by atoms with Gasteiger partial charge in [-0.2, -0.15) is 0 Å². The van der Waals surface area contributed by atoms with Crippen LogP contribution in [0.4, 0.5) is 0 Å². The molecule has 0 spiro atoms. The molecule has 0 saturated carbocycles. The van der Waals surface area contributed by atoms with Gasteiger partial charge in [-0.15, -0.1) is 24.2 Å². The van der Waals surface area contributed by atoms with Gasteiger partial charge in [-0.1, -0.05) is 29.8 Å². The van der Waals surface area contributed by atoms with E-state index in [9.17, 15) is 4.79 Å². The van der Waals surface area contributed by atoms with Crippen molar-refractivity contribution in [2.45, 2.75) is 31.1 Å². The molecular formula is C18H28ClN3OS. The first-order valence-corrected chi connectivity index (χ1v) is 9.68. The number of aryl methyl sites for hydroxylation is 1. The fourth-order valence-electron chi connectivity index (χ4n) is 3.49. The molecule has 1 aromatic rings. The lowest BCUT2D eigenvalue weighted by Crippen LogP contribution is -2.43. The molecule has 24 heavy (non-hydrogen) atoms. The van der Waals surface area contributed by atoms with Gasteiger partial charge in [-0.3, -0.25) is 4.79 Å². The lowest BCUT2D eigenvalue weighted by atomic mass is 9.92. The molecule has 1 aromatic carbocycles. The number of halogens is 1. The minimum absolute atomic E-state index is 0. The molecule has 3 rings (SSSR count). The summed E-state index contributed by atoms with van der Waals surface area (Å²) in [7, 11) is 0. The molecule has 2 atom stereocenters. The van der Waals surface area contributed by atoms with Gasteiger partial charge in [0.2, 0.25) is 5.91 Å². The largest absolute Gasteiger partial charge is 0.343 e. The Morgan fingerprint density at radius 3 is 2.79 bits per heavy atom. The fourth-order valence-corrected chi connectivity index (χ4v) is 4.64. The topological polar surface area (TPSA) is 44.4 Å². The van der Waals surface area contributed by atoms with Crippen LogP contribution in [0.25, 0.3) is 0 Å². The first kappa shape index (κ1) is 19.6. The van der Waals surface area contributed by atoms with Crippen molar-refractivity contribution in [1.29, 1.82) is 0 Å². The number of benzene rings is 1. The summed E-state index contributed by atoms with van der Waals surface area (Å²) >= 11 is 1.76. The zero-order valence-corrected chi connectivity index (χ0v) is 15.9. The maximum Gasteiger partial charge on any atom is 0.230 e. The normalized spacial score (nSPS) is 22.7. The summed E-state index contributed by atoms with van der Waals surface area (Å²) in [5, 5.41) is 6.79. The summed E-state index contributed by atoms with van der Waals surface area (Å²) in [6.45, 7) is 7.83. The molecule has 2 N–H and O–H groups in total. The van der Waals surface area contributed by atoms with Crippen molar-refractivity contribution in [3.63, 3.8) is 0 Å². The molecular weight excluding hydrogens is 342 g/mol. The van der Waals surface area contributed by atoms with Crippen molar-refractivity contribution >= 4 is 30.1 Å². The van der Waals surface area contributed by atoms with E-state index in [1.165, 1.54) is 17.5 Å². The van der Waals surface area contributed by atoms with Crippen LogP contribution in [-0.4, -0.2) is 54.7 Å². The van der Waals surface area contributed by atoms with Crippen LogP contribution in [0.2, 0.25) is 0 Å². The Balaban J connectivity index is 0.00000208. The number of piperazine rings is 1. The summed E-state index contributed by atoms with van der Waals surface area (Å²) in [6, 6.07) is 8.77. The third-order valence-electron chi connectivity index (χ3n) is 4.73. The average Bonchev–Trinajstić information content (AvgIpc) is 2.99. The second-order valence-electron chi connectivity index (χ2n) is 6.55. The highest BCUT2D eigenvalue weighted by molar-refractivity contribution is 8.01. The minimum Gasteiger partial charge on any atom is -0.343 e. The van der Waals surface area contributed by atoms with Crippen molar-refractivity contribution in [1.82, 2.24) is 15.5 Å². The van der Waals surface area contributed by atoms with Crippen LogP contribution in [0.5, 0.6) is 0 Å². The smallest absolute Gasteiger partial charge is 0.230 e. The van der Waals surface area contributed by atoms with E-state index in [4.69, 9.17) is 0 Å². The first-order chi connectivity index (χ1) is 11.2. The zero-order chi connectivity index (χ0) is 16.1. The predicted octanol–water partition coefficient (Wildman–Crippen LogP) is 2.37. The highest BCUT2D eigenvalue weighted by atomic mass is 35.5. The van der Waals surface area contributed by atoms with Crippen LogP contribution >= 0.6 is 24.2 Å². The fraction of sp³-hybridized carbons (Fsp3) is 0.611. The maximum absolute atomic E-state index is 11.6. The number of amides is 1. The Morgan fingerprint density at radius 2 is 2.12 bits per heavy atom. The summed E-state index contributed by atoms with van der Waals surface area (Å²) in [6.07, 6.45) is 2.32. The zero-order valence-electron chi connectivity index (χ0n) is 14.3. The monoisotopic (exact) mass is 369 g/mol. The van der Waals surface area contributed by atoms with Crippen molar-refractivity contribution in [3.8, 4) is 0 Å². The Hall–Kier alpha value is -0.750. The Morgan fingerprint density at radius 1 is 1.33 bits per heavy atom. The summed E-state index contributed by atoms with van der Waals surface area (Å²) in [4.78, 5) is 14.2. The second kappa shape index (κ2) is 9.66. The van der Waals surface area contributed by atoms with Gasteiger partial charge in [0.1, 0.15) is 0 Å². The highest BCUT2D eigenvalue weighted by Gasteiger charge is 2.30. The third-order valence-corrected chi connectivity index (χ3v) is 5.97. The lowest BCUT2D eigenvalue weighted by molar-refractivity contribution is -0.118. The Kier molecular flexibility index (Phi) is 7.88. The SMILES string of the molecule is Cc1cccc(C(CCCN2CCNCC2)C2NC(=O)CS2)c1.Cl. The van der Waals surface area contributed by atoms with Gasteiger partial charge in [0.05, 0.1) is 11.1 Å². The van der Waals surface area contributed by atoms with E-state index in [-0.39, 0.29) is 23.7 Å². The number of carbonyl (C=O) groups excluding carboxylic acids is 1. The van der Waals surface area contributed by atoms with Crippen molar-refractivity contribution in [2.75, 3.05) is 38.5 Å². The number of hydrogen-bond donors (Lipinski definition) is 2. The van der Waals surface area contributed by atoms with Crippen LogP contribution in [0.1, 0.15) is 29.9 Å². The predicted molar refractivity (Wildman–Crippen MR) is 104 cm³/mol. The van der Waals surface area contributed by atoms with Crippen molar-refractivity contribution in [2.24, 2.45) is 0 Å². The molecule has 0 bridgehead atoms. The van der Waals surface area contributed by atoms with E-state index in [1.54, 1.807) is 11.8 Å². The van der Waals surface area contributed by atoms with Crippen LogP contribution < -0.4 is 10.6 Å². The molecule has 2 saturated heterocycles. The van der Waals surface area contributed by atoms with Crippen LogP contribution in [0.3, 0.4) is 0 Å². The van der Waals surface area contributed by atoms with Gasteiger partial charge in [0.25, 0.3) is 0 Å². The first-order valence-electron chi connectivity index (χ1n) is 8.63. The third kappa shape index (κ3) is 5.38. The molecule has 1 amide bonds. The number of thioether (sulfide) groups is 1. The number of carbonyl (C=O) groups is 1. The summed E-state index contributed by atoms with van der Waals surface area (Å²) in [5.74, 6) is 1.19. The number of nitrogens with zero attached hydrogens (tertiary/aromatic N) is 1. The lowest BCUT2D eigenvalue weighted by Gasteiger charge is -2.29. The second-order valence-corrected chi connectivity index (χ2v) is 7.68. The Labute approximate surface area is 155 Å². The van der Waals surface area contributed by atoms with Gasteiger partial charge in [0, 0.05) is 32.1 Å². The number of nitrogens with one attached hydrogen (secondary N) is 2. The molecule has 6 heteroatoms. The van der Waals surface area contributed by atoms with Crippen LogP contribution in [0, 0.1) is 6.92 Å². The van der Waals surface area contributed by atoms with Crippen molar-refractivity contribution in [3.05, 3.63) is 35.4 Å². The summed E-state index contributed by atoms with van der Waals surface area (Å²) < 4.78 is 0. The molecule has 2 heterocycles. The standard InChI is InChI=1S/C18H27N3OS.ClH/c1-14-4-2-5-15(12-14)16(18-20-17(22)13-23-18)6-3-9-21-10-7-19-8-11-21;/h2,4-5,12,16,18-19H,3,6-11,13H2,1H3,(H,20,22);1H. The number of hydrogen-bond acceptors (Lipinski definition) is 4. The van der Waals surface area contributed by atoms with Gasteiger partial charge < -0.3 is 15.5 Å². The molecule has 134 valence electrons. The summed E-state index contributed by atoms with van der Waals surface area (Å²) in [5.41, 5.74) is 2.66. The molecule has 2 unspecified atom stereocenters. The van der Waals surface area contributed by atoms with E-state index < -0.39 is 0 Å². The molecule has 0 aromatic heterocycles. The van der Waals surface area contributed by atoms with E-state index in [0.717, 1.165) is 39.1 Å². The quantitative estimate of drug-likeness (QED) is 0.808. The molecule has 2 aliphatic rings. The average molecular weight is 370 g/mol. The highest BCUT2D eigenvalue weighted by Crippen LogP contribution is 2.34. The Bertz CT molecular complexity index is 537. The van der Waals surface area contributed by atoms with Crippen LogP contribution in [-0.2, 0) is 4.79 Å². The van der Waals surface area contributed by atoms with E-state index in [1.807, 2.05) is 0 Å². The van der Waals surface area contributed by atoms with Crippen LogP contribution in [0.15, 0.2) is 24.3 Å². The van der Waals surface area contributed by atoms with E-state index in [0.29, 0.717) is 11.7 Å². The van der Waals surface area contributed by atoms with E-state index in [2.05, 4.69) is 46.7 Å². The molecule has 2 fully saturated rings. The van der Waals surface area contributed by atoms with Gasteiger partial charge in [-0.05, 0) is 31.9 Å². The number of rotatable bonds is 6. The maximum atomic E-state index is 11.6. The molecule has 4 nitrogen and oxygen atoms in total. The van der Waals surface area contributed by atoms with Crippen molar-refractivity contribution < 1.29 is 4.79 Å². The van der Waals surface area contributed by atoms with Gasteiger partial charge in [-0.25, -0.2) is 0 Å². The minimum atomic E-state index is 0. The molecule has 2 aliphatic heterocycles. The van der Waals surface area contributed by atoms with Gasteiger partial charge >= 0.3 is 0 Å². The van der Waals surface area contributed by atoms with Gasteiger partial charge in [0.15, 0.2) is 0 Å². The van der Waals surface area contributed by atoms with E-state index >= 15 is 0 Å². The molecule has 0 radical (unpaired) electrons. The molecule has 0 aliphatic carbocycles.